The van der Waals surface area contributed by atoms with Gasteiger partial charge in [-0.05, 0) is 23.7 Å². The van der Waals surface area contributed by atoms with E-state index in [9.17, 15) is 0 Å². The zero-order valence-electron chi connectivity index (χ0n) is 6.41. The van der Waals surface area contributed by atoms with E-state index in [0.29, 0.717) is 0 Å². The van der Waals surface area contributed by atoms with Gasteiger partial charge < -0.3 is 0 Å². The minimum atomic E-state index is 1.33. The fourth-order valence-corrected chi connectivity index (χ4v) is 2.15. The van der Waals surface area contributed by atoms with Crippen LogP contribution in [0.15, 0.2) is 36.1 Å². The normalized spacial score (nSPS) is 11.0. The lowest BCUT2D eigenvalue weighted by Crippen LogP contribution is -1.71. The maximum Gasteiger partial charge on any atom is 0.0119 e. The number of benzene rings is 1. The summed E-state index contributed by atoms with van der Waals surface area (Å²) in [4.78, 5) is 0. The molecule has 1 heterocycles. The molecule has 0 aliphatic carbocycles. The van der Waals surface area contributed by atoms with Crippen molar-refractivity contribution in [2.24, 2.45) is 0 Å². The molecule has 0 atom stereocenters. The van der Waals surface area contributed by atoms with E-state index in [-0.39, 0.29) is 0 Å². The molecule has 11 heavy (non-hydrogen) atoms. The highest BCUT2D eigenvalue weighted by molar-refractivity contribution is 7.36. The molecule has 0 bridgehead atoms. The van der Waals surface area contributed by atoms with Gasteiger partial charge in [-0.25, -0.2) is 0 Å². The Morgan fingerprint density at radius 3 is 2.73 bits per heavy atom. The summed E-state index contributed by atoms with van der Waals surface area (Å²) in [6, 6.07) is 10.7. The molecular formula is C10H9P. The first-order valence-corrected chi connectivity index (χ1v) is 4.64. The van der Waals surface area contributed by atoms with Crippen LogP contribution >= 0.6 is 8.19 Å². The Hall–Kier alpha value is -0.870. The maximum absolute atomic E-state index is 2.18. The largest absolute Gasteiger partial charge is 0.0675 e. The molecule has 2 aromatic rings. The second-order valence-electron chi connectivity index (χ2n) is 2.65. The van der Waals surface area contributed by atoms with Crippen molar-refractivity contribution in [3.05, 3.63) is 41.7 Å². The molecule has 0 amide bonds. The molecule has 0 radical (unpaired) electrons. The Bertz CT molecular complexity index is 374. The Morgan fingerprint density at radius 1 is 1.09 bits per heavy atom. The molecule has 0 spiro atoms. The van der Waals surface area contributed by atoms with Crippen LogP contribution in [-0.2, 0) is 0 Å². The van der Waals surface area contributed by atoms with E-state index >= 15 is 0 Å². The molecule has 2 rings (SSSR count). The zero-order valence-corrected chi connectivity index (χ0v) is 7.31. The lowest BCUT2D eigenvalue weighted by Gasteiger charge is -1.98. The van der Waals surface area contributed by atoms with Crippen LogP contribution < -0.4 is 0 Å². The second-order valence-corrected chi connectivity index (χ2v) is 3.65. The summed E-state index contributed by atoms with van der Waals surface area (Å²) in [7, 11) is 1.33. The van der Waals surface area contributed by atoms with Crippen molar-refractivity contribution in [1.29, 1.82) is 0 Å². The third-order valence-corrected chi connectivity index (χ3v) is 3.02. The molecule has 0 fully saturated rings. The Morgan fingerprint density at radius 2 is 1.91 bits per heavy atom. The van der Waals surface area contributed by atoms with E-state index in [0.717, 1.165) is 0 Å². The summed E-state index contributed by atoms with van der Waals surface area (Å²) < 4.78 is 0. The van der Waals surface area contributed by atoms with Gasteiger partial charge in [-0.2, -0.15) is 0 Å². The average Bonchev–Trinajstić information content (AvgIpc) is 2.06. The predicted octanol–water partition coefficient (Wildman–Crippen LogP) is 3.73. The quantitative estimate of drug-likeness (QED) is 0.550. The van der Waals surface area contributed by atoms with Gasteiger partial charge in [0.25, 0.3) is 0 Å². The molecule has 0 aliphatic heterocycles. The molecule has 54 valence electrons. The number of hydrogen-bond donors (Lipinski definition) is 0. The molecule has 0 unspecified atom stereocenters. The van der Waals surface area contributed by atoms with Gasteiger partial charge in [0.2, 0.25) is 0 Å². The molecule has 1 aromatic carbocycles. The summed E-state index contributed by atoms with van der Waals surface area (Å²) in [5.41, 5.74) is 1.39. The Balaban J connectivity index is 2.91. The van der Waals surface area contributed by atoms with Gasteiger partial charge in [0, 0.05) is 5.12 Å². The van der Waals surface area contributed by atoms with Crippen LogP contribution in [0.2, 0.25) is 0 Å². The number of rotatable bonds is 0. The van der Waals surface area contributed by atoms with Crippen molar-refractivity contribution in [3.8, 4) is 0 Å². The summed E-state index contributed by atoms with van der Waals surface area (Å²) in [6.07, 6.45) is 0. The Labute approximate surface area is 68.0 Å². The summed E-state index contributed by atoms with van der Waals surface area (Å²) >= 11 is 0. The minimum absolute atomic E-state index is 1.33. The van der Waals surface area contributed by atoms with Crippen molar-refractivity contribution in [2.75, 3.05) is 0 Å². The second kappa shape index (κ2) is 2.64. The van der Waals surface area contributed by atoms with Crippen molar-refractivity contribution in [2.45, 2.75) is 6.92 Å². The van der Waals surface area contributed by atoms with Gasteiger partial charge in [0.15, 0.2) is 0 Å². The lowest BCUT2D eigenvalue weighted by atomic mass is 10.2. The molecule has 0 nitrogen and oxygen atoms in total. The average molecular weight is 160 g/mol. The standard InChI is InChI=1S/C10H9P/c1-8-4-2-5-9-6-3-7-11-10(8)9/h2-7H,1H3. The summed E-state index contributed by atoms with van der Waals surface area (Å²) in [5.74, 6) is 2.18. The molecule has 0 N–H and O–H groups in total. The van der Waals surface area contributed by atoms with E-state index in [1.54, 1.807) is 0 Å². The number of fused-ring (bicyclic) bond motifs is 1. The summed E-state index contributed by atoms with van der Waals surface area (Å²) in [5, 5.41) is 2.82. The predicted molar refractivity (Wildman–Crippen MR) is 51.2 cm³/mol. The van der Waals surface area contributed by atoms with Gasteiger partial charge in [-0.1, -0.05) is 38.5 Å². The van der Waals surface area contributed by atoms with Crippen molar-refractivity contribution < 1.29 is 0 Å². The third-order valence-electron chi connectivity index (χ3n) is 1.83. The van der Waals surface area contributed by atoms with Crippen molar-refractivity contribution in [3.63, 3.8) is 0 Å². The topological polar surface area (TPSA) is 0 Å². The maximum atomic E-state index is 2.18. The molecule has 0 saturated heterocycles. The van der Waals surface area contributed by atoms with Crippen LogP contribution in [-0.4, -0.2) is 0 Å². The van der Waals surface area contributed by atoms with Crippen LogP contribution in [0.5, 0.6) is 0 Å². The third kappa shape index (κ3) is 1.15. The highest BCUT2D eigenvalue weighted by Gasteiger charge is 1.92. The highest BCUT2D eigenvalue weighted by atomic mass is 31.0. The first-order valence-electron chi connectivity index (χ1n) is 3.68. The number of aryl methyl sites for hydroxylation is 1. The molecule has 1 heteroatoms. The molecular weight excluding hydrogens is 151 g/mol. The van der Waals surface area contributed by atoms with Gasteiger partial charge in [-0.3, -0.25) is 0 Å². The van der Waals surface area contributed by atoms with Crippen LogP contribution in [0.4, 0.5) is 0 Å². The summed E-state index contributed by atoms with van der Waals surface area (Å²) in [6.45, 7) is 2.17. The lowest BCUT2D eigenvalue weighted by molar-refractivity contribution is 1.56. The van der Waals surface area contributed by atoms with E-state index in [1.165, 1.54) is 24.3 Å². The van der Waals surface area contributed by atoms with Gasteiger partial charge in [0.05, 0.1) is 0 Å². The molecule has 0 aliphatic rings. The van der Waals surface area contributed by atoms with Gasteiger partial charge in [0.1, 0.15) is 0 Å². The smallest absolute Gasteiger partial charge is 0.0119 e. The van der Waals surface area contributed by atoms with E-state index in [1.807, 2.05) is 0 Å². The van der Waals surface area contributed by atoms with Crippen molar-refractivity contribution in [1.82, 2.24) is 0 Å². The monoisotopic (exact) mass is 160 g/mol. The van der Waals surface area contributed by atoms with E-state index < -0.39 is 0 Å². The van der Waals surface area contributed by atoms with Gasteiger partial charge in [-0.15, -0.1) is 0 Å². The van der Waals surface area contributed by atoms with E-state index in [4.69, 9.17) is 0 Å². The Kier molecular flexibility index (Phi) is 1.63. The molecule has 0 saturated carbocycles. The number of hydrogen-bond acceptors (Lipinski definition) is 0. The first-order chi connectivity index (χ1) is 5.38. The van der Waals surface area contributed by atoms with Crippen LogP contribution in [0.25, 0.3) is 10.5 Å². The van der Waals surface area contributed by atoms with Crippen LogP contribution in [0.3, 0.4) is 0 Å². The van der Waals surface area contributed by atoms with E-state index in [2.05, 4.69) is 43.1 Å². The van der Waals surface area contributed by atoms with Crippen molar-refractivity contribution >= 4 is 18.7 Å². The van der Waals surface area contributed by atoms with Gasteiger partial charge >= 0.3 is 0 Å². The fourth-order valence-electron chi connectivity index (χ4n) is 1.26. The zero-order chi connectivity index (χ0) is 7.68. The SMILES string of the molecule is Cc1cccc2cccpc12. The molecule has 1 aromatic heterocycles. The fraction of sp³-hybridized carbons (Fsp3) is 0.100. The first kappa shape index (κ1) is 6.82. The van der Waals surface area contributed by atoms with Crippen LogP contribution in [0.1, 0.15) is 5.56 Å². The highest BCUT2D eigenvalue weighted by Crippen LogP contribution is 2.25. The minimum Gasteiger partial charge on any atom is -0.0675 e. The van der Waals surface area contributed by atoms with Crippen LogP contribution in [0, 0.1) is 6.92 Å².